The lowest BCUT2D eigenvalue weighted by molar-refractivity contribution is 0.895. The molecule has 0 bridgehead atoms. The third kappa shape index (κ3) is 3.76. The van der Waals surface area contributed by atoms with E-state index in [-0.39, 0.29) is 0 Å². The largest absolute Gasteiger partial charge is 0.340 e. The average Bonchev–Trinajstić information content (AvgIpc) is 3.13. The second-order valence-corrected chi connectivity index (χ2v) is 8.24. The minimum absolute atomic E-state index is 0.781. The van der Waals surface area contributed by atoms with Gasteiger partial charge in [0.2, 0.25) is 0 Å². The van der Waals surface area contributed by atoms with Crippen LogP contribution in [0.2, 0.25) is 0 Å². The fraction of sp³-hybridized carbons (Fsp3) is 0.143. The van der Waals surface area contributed by atoms with Crippen LogP contribution in [0.3, 0.4) is 0 Å². The van der Waals surface area contributed by atoms with Crippen LogP contribution in [0.1, 0.15) is 28.1 Å². The van der Waals surface area contributed by atoms with Gasteiger partial charge >= 0.3 is 0 Å². The molecule has 3 aromatic carbocycles. The summed E-state index contributed by atoms with van der Waals surface area (Å²) in [6.07, 6.45) is 0.781. The van der Waals surface area contributed by atoms with Gasteiger partial charge in [0, 0.05) is 28.9 Å². The Bertz CT molecular complexity index is 1390. The topological polar surface area (TPSA) is 42.2 Å². The minimum Gasteiger partial charge on any atom is -0.340 e. The first-order valence-corrected chi connectivity index (χ1v) is 10.9. The van der Waals surface area contributed by atoms with Crippen molar-refractivity contribution in [2.24, 2.45) is 0 Å². The summed E-state index contributed by atoms with van der Waals surface area (Å²) >= 11 is 0. The summed E-state index contributed by atoms with van der Waals surface area (Å²) in [5.41, 5.74) is 9.70. The Kier molecular flexibility index (Phi) is 5.20. The van der Waals surface area contributed by atoms with Crippen molar-refractivity contribution in [2.75, 3.05) is 5.32 Å². The van der Waals surface area contributed by atoms with Gasteiger partial charge in [-0.2, -0.15) is 9.61 Å². The summed E-state index contributed by atoms with van der Waals surface area (Å²) < 4.78 is 1.98. The Morgan fingerprint density at radius 2 is 1.50 bits per heavy atom. The van der Waals surface area contributed by atoms with Gasteiger partial charge in [0.15, 0.2) is 5.65 Å². The molecule has 0 fully saturated rings. The molecule has 0 aliphatic heterocycles. The third-order valence-corrected chi connectivity index (χ3v) is 5.81. The molecule has 2 aromatic heterocycles. The summed E-state index contributed by atoms with van der Waals surface area (Å²) in [4.78, 5) is 5.05. The van der Waals surface area contributed by atoms with E-state index < -0.39 is 0 Å². The maximum atomic E-state index is 5.05. The van der Waals surface area contributed by atoms with Crippen molar-refractivity contribution in [1.82, 2.24) is 14.6 Å². The van der Waals surface area contributed by atoms with Crippen LogP contribution in [0.4, 0.5) is 11.5 Å². The molecule has 1 N–H and O–H groups in total. The van der Waals surface area contributed by atoms with Crippen molar-refractivity contribution in [3.63, 3.8) is 0 Å². The number of nitrogens with zero attached hydrogens (tertiary/aromatic N) is 3. The van der Waals surface area contributed by atoms with Crippen LogP contribution < -0.4 is 5.32 Å². The molecule has 0 spiro atoms. The first-order valence-electron chi connectivity index (χ1n) is 10.9. The SMILES string of the molecule is Cc1cccc(Nc2c(Cc3ccccc3)c(C)nc3c(-c4ccccc4)c(C)nn23)c1. The Morgan fingerprint density at radius 1 is 0.781 bits per heavy atom. The van der Waals surface area contributed by atoms with Crippen LogP contribution in [0, 0.1) is 20.8 Å². The first-order chi connectivity index (χ1) is 15.6. The lowest BCUT2D eigenvalue weighted by Crippen LogP contribution is -2.09. The van der Waals surface area contributed by atoms with E-state index in [0.29, 0.717) is 0 Å². The van der Waals surface area contributed by atoms with Crippen molar-refractivity contribution in [2.45, 2.75) is 27.2 Å². The maximum absolute atomic E-state index is 5.05. The molecule has 0 amide bonds. The third-order valence-electron chi connectivity index (χ3n) is 5.81. The number of fused-ring (bicyclic) bond motifs is 1. The molecule has 0 atom stereocenters. The zero-order valence-electron chi connectivity index (χ0n) is 18.6. The molecule has 5 aromatic rings. The van der Waals surface area contributed by atoms with Crippen LogP contribution >= 0.6 is 0 Å². The Balaban J connectivity index is 1.74. The van der Waals surface area contributed by atoms with E-state index in [1.807, 2.05) is 16.6 Å². The Labute approximate surface area is 188 Å². The predicted octanol–water partition coefficient (Wildman–Crippen LogP) is 6.66. The number of rotatable bonds is 5. The van der Waals surface area contributed by atoms with Gasteiger partial charge in [0.25, 0.3) is 0 Å². The van der Waals surface area contributed by atoms with Crippen molar-refractivity contribution in [1.29, 1.82) is 0 Å². The van der Waals surface area contributed by atoms with E-state index in [2.05, 4.69) is 98.9 Å². The molecule has 2 heterocycles. The lowest BCUT2D eigenvalue weighted by Gasteiger charge is -2.17. The number of hydrogen-bond donors (Lipinski definition) is 1. The van der Waals surface area contributed by atoms with Gasteiger partial charge < -0.3 is 5.32 Å². The Morgan fingerprint density at radius 3 is 2.22 bits per heavy atom. The number of aryl methyl sites for hydroxylation is 3. The highest BCUT2D eigenvalue weighted by atomic mass is 15.3. The summed E-state index contributed by atoms with van der Waals surface area (Å²) in [7, 11) is 0. The highest BCUT2D eigenvalue weighted by Gasteiger charge is 2.20. The zero-order chi connectivity index (χ0) is 22.1. The molecule has 0 aliphatic carbocycles. The molecule has 0 radical (unpaired) electrons. The van der Waals surface area contributed by atoms with Crippen molar-refractivity contribution < 1.29 is 0 Å². The van der Waals surface area contributed by atoms with E-state index in [4.69, 9.17) is 10.1 Å². The second-order valence-electron chi connectivity index (χ2n) is 8.24. The van der Waals surface area contributed by atoms with Gasteiger partial charge in [0.1, 0.15) is 5.82 Å². The van der Waals surface area contributed by atoms with Crippen LogP contribution in [0.25, 0.3) is 16.8 Å². The van der Waals surface area contributed by atoms with E-state index in [1.54, 1.807) is 0 Å². The molecule has 0 unspecified atom stereocenters. The van der Waals surface area contributed by atoms with E-state index in [9.17, 15) is 0 Å². The molecular weight excluding hydrogens is 392 g/mol. The summed E-state index contributed by atoms with van der Waals surface area (Å²) in [5, 5.41) is 8.61. The van der Waals surface area contributed by atoms with Crippen molar-refractivity contribution in [3.8, 4) is 11.1 Å². The van der Waals surface area contributed by atoms with Gasteiger partial charge in [0.05, 0.1) is 5.69 Å². The molecule has 158 valence electrons. The molecule has 32 heavy (non-hydrogen) atoms. The Hall–Kier alpha value is -3.92. The van der Waals surface area contributed by atoms with Crippen LogP contribution in [-0.2, 0) is 6.42 Å². The van der Waals surface area contributed by atoms with E-state index >= 15 is 0 Å². The monoisotopic (exact) mass is 418 g/mol. The standard InChI is InChI=1S/C28H26N4/c1-19-11-10-16-24(17-19)30-27-25(18-22-12-6-4-7-13-22)20(2)29-28-26(21(3)31-32(27)28)23-14-8-5-9-15-23/h4-17,30H,18H2,1-3H3. The maximum Gasteiger partial charge on any atom is 0.165 e. The van der Waals surface area contributed by atoms with Crippen LogP contribution in [0.15, 0.2) is 84.9 Å². The number of anilines is 2. The fourth-order valence-corrected chi connectivity index (χ4v) is 4.24. The molecule has 5 rings (SSSR count). The lowest BCUT2D eigenvalue weighted by atomic mass is 10.0. The summed E-state index contributed by atoms with van der Waals surface area (Å²) in [6.45, 7) is 6.26. The molecular formula is C28H26N4. The van der Waals surface area contributed by atoms with Gasteiger partial charge in [-0.3, -0.25) is 0 Å². The van der Waals surface area contributed by atoms with Gasteiger partial charge in [-0.15, -0.1) is 0 Å². The predicted molar refractivity (Wildman–Crippen MR) is 132 cm³/mol. The molecule has 4 nitrogen and oxygen atoms in total. The second kappa shape index (κ2) is 8.31. The molecule has 0 aliphatic rings. The molecule has 0 saturated carbocycles. The average molecular weight is 419 g/mol. The highest BCUT2D eigenvalue weighted by molar-refractivity contribution is 5.82. The van der Waals surface area contributed by atoms with E-state index in [0.717, 1.165) is 51.7 Å². The smallest absolute Gasteiger partial charge is 0.165 e. The summed E-state index contributed by atoms with van der Waals surface area (Å²) in [5.74, 6) is 0.965. The van der Waals surface area contributed by atoms with Gasteiger partial charge in [-0.25, -0.2) is 4.98 Å². The number of hydrogen-bond acceptors (Lipinski definition) is 3. The van der Waals surface area contributed by atoms with Crippen LogP contribution in [0.5, 0.6) is 0 Å². The van der Waals surface area contributed by atoms with E-state index in [1.165, 1.54) is 11.1 Å². The van der Waals surface area contributed by atoms with Crippen LogP contribution in [-0.4, -0.2) is 14.6 Å². The van der Waals surface area contributed by atoms with Gasteiger partial charge in [-0.05, 0) is 49.6 Å². The summed E-state index contributed by atoms with van der Waals surface area (Å²) in [6, 6.07) is 29.3. The number of aromatic nitrogens is 3. The van der Waals surface area contributed by atoms with Gasteiger partial charge in [-0.1, -0.05) is 72.8 Å². The quantitative estimate of drug-likeness (QED) is 0.347. The molecule has 4 heteroatoms. The highest BCUT2D eigenvalue weighted by Crippen LogP contribution is 2.33. The fourth-order valence-electron chi connectivity index (χ4n) is 4.24. The normalized spacial score (nSPS) is 11.1. The van der Waals surface area contributed by atoms with Crippen molar-refractivity contribution >= 4 is 17.2 Å². The minimum atomic E-state index is 0.781. The first kappa shape index (κ1) is 20.0. The molecule has 0 saturated heterocycles. The number of benzene rings is 3. The zero-order valence-corrected chi connectivity index (χ0v) is 18.6. The van der Waals surface area contributed by atoms with Crippen molar-refractivity contribution in [3.05, 3.63) is 113 Å². The number of nitrogens with one attached hydrogen (secondary N) is 1.